The van der Waals surface area contributed by atoms with Crippen molar-refractivity contribution in [1.82, 2.24) is 4.98 Å². The van der Waals surface area contributed by atoms with Crippen molar-refractivity contribution in [2.24, 2.45) is 0 Å². The highest BCUT2D eigenvalue weighted by Gasteiger charge is 2.03. The Morgan fingerprint density at radius 1 is 1.16 bits per heavy atom. The Kier molecular flexibility index (Phi) is 4.78. The number of hydrogen-bond acceptors (Lipinski definition) is 3. The fourth-order valence-electron chi connectivity index (χ4n) is 1.75. The molecule has 0 saturated carbocycles. The molecule has 19 heavy (non-hydrogen) atoms. The number of rotatable bonds is 6. The van der Waals surface area contributed by atoms with Crippen LogP contribution in [0.1, 0.15) is 24.5 Å². The zero-order valence-electron chi connectivity index (χ0n) is 11.5. The predicted octanol–water partition coefficient (Wildman–Crippen LogP) is 3.79. The molecule has 2 aromatic rings. The number of aromatic nitrogens is 1. The van der Waals surface area contributed by atoms with Gasteiger partial charge < -0.3 is 10.1 Å². The Bertz CT molecular complexity index is 508. The van der Waals surface area contributed by atoms with Gasteiger partial charge in [0.2, 0.25) is 0 Å². The van der Waals surface area contributed by atoms with Crippen LogP contribution < -0.4 is 10.1 Å². The second-order valence-electron chi connectivity index (χ2n) is 4.54. The molecule has 0 aliphatic carbocycles. The smallest absolute Gasteiger partial charge is 0.132 e. The van der Waals surface area contributed by atoms with Crippen molar-refractivity contribution in [1.29, 1.82) is 0 Å². The monoisotopic (exact) mass is 256 g/mol. The number of aryl methyl sites for hydroxylation is 1. The minimum absolute atomic E-state index is 0.531. The molecule has 0 aliphatic rings. The van der Waals surface area contributed by atoms with E-state index >= 15 is 0 Å². The van der Waals surface area contributed by atoms with Gasteiger partial charge in [0.15, 0.2) is 0 Å². The number of hydrogen-bond donors (Lipinski definition) is 1. The van der Waals surface area contributed by atoms with Crippen LogP contribution in [0.15, 0.2) is 42.6 Å². The molecule has 0 spiro atoms. The second-order valence-corrected chi connectivity index (χ2v) is 4.54. The van der Waals surface area contributed by atoms with Crippen LogP contribution in [0.5, 0.6) is 5.75 Å². The predicted molar refractivity (Wildman–Crippen MR) is 78.5 cm³/mol. The molecule has 0 bridgehead atoms. The number of ether oxygens (including phenoxy) is 1. The van der Waals surface area contributed by atoms with Gasteiger partial charge in [0, 0.05) is 18.3 Å². The summed E-state index contributed by atoms with van der Waals surface area (Å²) in [5.41, 5.74) is 2.32. The van der Waals surface area contributed by atoms with Crippen molar-refractivity contribution in [2.75, 3.05) is 11.9 Å². The third-order valence-electron chi connectivity index (χ3n) is 2.85. The summed E-state index contributed by atoms with van der Waals surface area (Å²) >= 11 is 0. The summed E-state index contributed by atoms with van der Waals surface area (Å²) < 4.78 is 5.79. The van der Waals surface area contributed by atoms with Crippen LogP contribution in [0, 0.1) is 6.92 Å². The first-order valence-electron chi connectivity index (χ1n) is 6.67. The van der Waals surface area contributed by atoms with E-state index in [2.05, 4.69) is 36.3 Å². The van der Waals surface area contributed by atoms with Crippen LogP contribution in [-0.2, 0) is 6.61 Å². The van der Waals surface area contributed by atoms with Crippen LogP contribution in [0.4, 0.5) is 5.82 Å². The molecule has 0 fully saturated rings. The van der Waals surface area contributed by atoms with Crippen molar-refractivity contribution in [3.8, 4) is 5.75 Å². The first kappa shape index (κ1) is 13.4. The van der Waals surface area contributed by atoms with Gasteiger partial charge in [-0.3, -0.25) is 0 Å². The summed E-state index contributed by atoms with van der Waals surface area (Å²) in [5.74, 6) is 1.80. The van der Waals surface area contributed by atoms with E-state index in [0.717, 1.165) is 30.1 Å². The first-order valence-corrected chi connectivity index (χ1v) is 6.67. The molecule has 0 amide bonds. The summed E-state index contributed by atoms with van der Waals surface area (Å²) in [7, 11) is 0. The quantitative estimate of drug-likeness (QED) is 0.853. The topological polar surface area (TPSA) is 34.2 Å². The van der Waals surface area contributed by atoms with Crippen LogP contribution in [0.25, 0.3) is 0 Å². The standard InChI is InChI=1S/C16H20N2O/c1-3-10-17-16-14(5-4-11-18-16)12-19-15-8-6-13(2)7-9-15/h4-9,11H,3,10,12H2,1-2H3,(H,17,18). The summed E-state index contributed by atoms with van der Waals surface area (Å²) in [6, 6.07) is 12.1. The summed E-state index contributed by atoms with van der Waals surface area (Å²) in [4.78, 5) is 4.35. The van der Waals surface area contributed by atoms with Crippen molar-refractivity contribution in [3.63, 3.8) is 0 Å². The third kappa shape index (κ3) is 3.98. The normalized spacial score (nSPS) is 10.2. The number of anilines is 1. The van der Waals surface area contributed by atoms with E-state index in [1.807, 2.05) is 24.3 Å². The number of nitrogens with one attached hydrogen (secondary N) is 1. The summed E-state index contributed by atoms with van der Waals surface area (Å²) in [6.07, 6.45) is 2.88. The van der Waals surface area contributed by atoms with E-state index in [0.29, 0.717) is 6.61 Å². The van der Waals surface area contributed by atoms with Gasteiger partial charge in [-0.15, -0.1) is 0 Å². The lowest BCUT2D eigenvalue weighted by atomic mass is 10.2. The SMILES string of the molecule is CCCNc1ncccc1COc1ccc(C)cc1. The number of benzene rings is 1. The minimum atomic E-state index is 0.531. The number of pyridine rings is 1. The molecule has 0 saturated heterocycles. The molecule has 3 heteroatoms. The Morgan fingerprint density at radius 3 is 2.68 bits per heavy atom. The third-order valence-corrected chi connectivity index (χ3v) is 2.85. The Labute approximate surface area is 114 Å². The minimum Gasteiger partial charge on any atom is -0.489 e. The van der Waals surface area contributed by atoms with Gasteiger partial charge in [0.1, 0.15) is 18.2 Å². The first-order chi connectivity index (χ1) is 9.29. The van der Waals surface area contributed by atoms with E-state index < -0.39 is 0 Å². The van der Waals surface area contributed by atoms with Gasteiger partial charge in [-0.2, -0.15) is 0 Å². The van der Waals surface area contributed by atoms with E-state index in [1.165, 1.54) is 5.56 Å². The molecule has 1 aromatic heterocycles. The molecule has 3 nitrogen and oxygen atoms in total. The maximum atomic E-state index is 5.79. The van der Waals surface area contributed by atoms with Crippen molar-refractivity contribution >= 4 is 5.82 Å². The molecule has 2 rings (SSSR count). The lowest BCUT2D eigenvalue weighted by Gasteiger charge is -2.11. The highest BCUT2D eigenvalue weighted by molar-refractivity contribution is 5.43. The number of nitrogens with zero attached hydrogens (tertiary/aromatic N) is 1. The molecule has 0 unspecified atom stereocenters. The van der Waals surface area contributed by atoms with Gasteiger partial charge in [0.25, 0.3) is 0 Å². The molecular formula is C16H20N2O. The van der Waals surface area contributed by atoms with Crippen LogP contribution in [0.3, 0.4) is 0 Å². The molecule has 0 aliphatic heterocycles. The zero-order chi connectivity index (χ0) is 13.5. The molecule has 0 atom stereocenters. The fourth-order valence-corrected chi connectivity index (χ4v) is 1.75. The molecule has 1 heterocycles. The van der Waals surface area contributed by atoms with E-state index in [9.17, 15) is 0 Å². The van der Waals surface area contributed by atoms with E-state index in [4.69, 9.17) is 4.74 Å². The Morgan fingerprint density at radius 2 is 1.95 bits per heavy atom. The second kappa shape index (κ2) is 6.78. The summed E-state index contributed by atoms with van der Waals surface area (Å²) in [6.45, 7) is 5.66. The van der Waals surface area contributed by atoms with Crippen molar-refractivity contribution in [2.45, 2.75) is 26.9 Å². The molecular weight excluding hydrogens is 236 g/mol. The maximum absolute atomic E-state index is 5.79. The average molecular weight is 256 g/mol. The van der Waals surface area contributed by atoms with Gasteiger partial charge in [0.05, 0.1) is 0 Å². The summed E-state index contributed by atoms with van der Waals surface area (Å²) in [5, 5.41) is 3.32. The molecule has 0 radical (unpaired) electrons. The zero-order valence-corrected chi connectivity index (χ0v) is 11.5. The van der Waals surface area contributed by atoms with E-state index in [1.54, 1.807) is 6.20 Å². The molecule has 100 valence electrons. The molecule has 1 N–H and O–H groups in total. The molecule has 1 aromatic carbocycles. The largest absolute Gasteiger partial charge is 0.489 e. The van der Waals surface area contributed by atoms with Crippen molar-refractivity contribution < 1.29 is 4.74 Å². The average Bonchev–Trinajstić information content (AvgIpc) is 2.45. The highest BCUT2D eigenvalue weighted by Crippen LogP contribution is 2.17. The maximum Gasteiger partial charge on any atom is 0.132 e. The van der Waals surface area contributed by atoms with Gasteiger partial charge >= 0.3 is 0 Å². The van der Waals surface area contributed by atoms with Crippen LogP contribution in [-0.4, -0.2) is 11.5 Å². The van der Waals surface area contributed by atoms with Gasteiger partial charge in [-0.1, -0.05) is 30.7 Å². The van der Waals surface area contributed by atoms with Crippen LogP contribution in [0.2, 0.25) is 0 Å². The van der Waals surface area contributed by atoms with Crippen molar-refractivity contribution in [3.05, 3.63) is 53.7 Å². The highest BCUT2D eigenvalue weighted by atomic mass is 16.5. The fraction of sp³-hybridized carbons (Fsp3) is 0.312. The van der Waals surface area contributed by atoms with Gasteiger partial charge in [-0.25, -0.2) is 4.98 Å². The lowest BCUT2D eigenvalue weighted by Crippen LogP contribution is -2.07. The van der Waals surface area contributed by atoms with Gasteiger partial charge in [-0.05, 0) is 31.5 Å². The Hall–Kier alpha value is -2.03. The Balaban J connectivity index is 2.00. The lowest BCUT2D eigenvalue weighted by molar-refractivity contribution is 0.306. The van der Waals surface area contributed by atoms with Crippen LogP contribution >= 0.6 is 0 Å². The van der Waals surface area contributed by atoms with E-state index in [-0.39, 0.29) is 0 Å².